The lowest BCUT2D eigenvalue weighted by molar-refractivity contribution is 0.206. The van der Waals surface area contributed by atoms with E-state index in [0.717, 1.165) is 28.2 Å². The number of aryl methyl sites for hydroxylation is 1. The van der Waals surface area contributed by atoms with E-state index in [0.29, 0.717) is 18.1 Å². The maximum atomic E-state index is 12.5. The van der Waals surface area contributed by atoms with Gasteiger partial charge in [0.15, 0.2) is 0 Å². The van der Waals surface area contributed by atoms with Crippen molar-refractivity contribution < 1.29 is 4.79 Å². The molecule has 0 fully saturated rings. The number of benzene rings is 2. The molecule has 0 unspecified atom stereocenters. The van der Waals surface area contributed by atoms with Crippen LogP contribution in [0.2, 0.25) is 5.02 Å². The van der Waals surface area contributed by atoms with Gasteiger partial charge in [0.1, 0.15) is 0 Å². The first-order valence-corrected chi connectivity index (χ1v) is 9.17. The molecule has 0 bridgehead atoms. The molecule has 1 aromatic heterocycles. The fourth-order valence-corrected chi connectivity index (χ4v) is 3.24. The van der Waals surface area contributed by atoms with Gasteiger partial charge < -0.3 is 10.2 Å². The number of amides is 2. The van der Waals surface area contributed by atoms with Gasteiger partial charge in [-0.2, -0.15) is 5.10 Å². The maximum absolute atomic E-state index is 12.5. The third-order valence-corrected chi connectivity index (χ3v) is 4.75. The van der Waals surface area contributed by atoms with E-state index in [4.69, 9.17) is 11.6 Å². The molecule has 3 aromatic rings. The SMILES string of the molecule is Cc1nn(-c2ccccc2)c(C)c1CNC(=O)N(C)Cc1cccc(Cl)c1. The number of hydrogen-bond donors (Lipinski definition) is 1. The molecule has 27 heavy (non-hydrogen) atoms. The van der Waals surface area contributed by atoms with Crippen molar-refractivity contribution in [1.29, 1.82) is 0 Å². The zero-order valence-corrected chi connectivity index (χ0v) is 16.5. The van der Waals surface area contributed by atoms with Crippen LogP contribution in [0.25, 0.3) is 5.69 Å². The largest absolute Gasteiger partial charge is 0.334 e. The van der Waals surface area contributed by atoms with Gasteiger partial charge in [-0.3, -0.25) is 0 Å². The van der Waals surface area contributed by atoms with Gasteiger partial charge in [0.2, 0.25) is 0 Å². The Morgan fingerprint density at radius 3 is 2.59 bits per heavy atom. The molecule has 1 heterocycles. The van der Waals surface area contributed by atoms with Crippen LogP contribution in [-0.4, -0.2) is 27.8 Å². The Labute approximate surface area is 164 Å². The minimum absolute atomic E-state index is 0.138. The Balaban J connectivity index is 1.66. The first kappa shape index (κ1) is 19.0. The minimum Gasteiger partial charge on any atom is -0.334 e. The van der Waals surface area contributed by atoms with E-state index in [1.54, 1.807) is 11.9 Å². The lowest BCUT2D eigenvalue weighted by Crippen LogP contribution is -2.36. The summed E-state index contributed by atoms with van der Waals surface area (Å²) in [6.07, 6.45) is 0. The predicted octanol–water partition coefficient (Wildman–Crippen LogP) is 4.48. The molecule has 1 N–H and O–H groups in total. The Morgan fingerprint density at radius 2 is 1.89 bits per heavy atom. The number of urea groups is 1. The van der Waals surface area contributed by atoms with Crippen molar-refractivity contribution in [3.63, 3.8) is 0 Å². The van der Waals surface area contributed by atoms with Crippen LogP contribution in [0.15, 0.2) is 54.6 Å². The summed E-state index contributed by atoms with van der Waals surface area (Å²) in [5.74, 6) is 0. The normalized spacial score (nSPS) is 10.7. The Kier molecular flexibility index (Phi) is 5.81. The number of carbonyl (C=O) groups excluding carboxylic acids is 1. The predicted molar refractivity (Wildman–Crippen MR) is 108 cm³/mol. The van der Waals surface area contributed by atoms with Gasteiger partial charge in [0.25, 0.3) is 0 Å². The van der Waals surface area contributed by atoms with E-state index < -0.39 is 0 Å². The highest BCUT2D eigenvalue weighted by molar-refractivity contribution is 6.30. The van der Waals surface area contributed by atoms with E-state index in [2.05, 4.69) is 10.4 Å². The number of aromatic nitrogens is 2. The zero-order valence-electron chi connectivity index (χ0n) is 15.7. The van der Waals surface area contributed by atoms with Crippen LogP contribution in [0.3, 0.4) is 0 Å². The summed E-state index contributed by atoms with van der Waals surface area (Å²) >= 11 is 6.01. The molecule has 0 spiro atoms. The Hall–Kier alpha value is -2.79. The monoisotopic (exact) mass is 382 g/mol. The van der Waals surface area contributed by atoms with Crippen LogP contribution in [0.4, 0.5) is 4.79 Å². The molecule has 0 aliphatic carbocycles. The number of halogens is 1. The third-order valence-electron chi connectivity index (χ3n) is 4.51. The lowest BCUT2D eigenvalue weighted by Gasteiger charge is -2.18. The molecular weight excluding hydrogens is 360 g/mol. The van der Waals surface area contributed by atoms with Crippen LogP contribution in [0.1, 0.15) is 22.5 Å². The minimum atomic E-state index is -0.138. The van der Waals surface area contributed by atoms with E-state index in [1.807, 2.05) is 73.1 Å². The van der Waals surface area contributed by atoms with E-state index >= 15 is 0 Å². The summed E-state index contributed by atoms with van der Waals surface area (Å²) < 4.78 is 1.91. The summed E-state index contributed by atoms with van der Waals surface area (Å²) in [7, 11) is 1.77. The number of rotatable bonds is 5. The summed E-state index contributed by atoms with van der Waals surface area (Å²) in [6, 6.07) is 17.4. The number of nitrogens with zero attached hydrogens (tertiary/aromatic N) is 3. The molecule has 0 saturated heterocycles. The number of hydrogen-bond acceptors (Lipinski definition) is 2. The first-order chi connectivity index (χ1) is 13.0. The fraction of sp³-hybridized carbons (Fsp3) is 0.238. The molecule has 140 valence electrons. The van der Waals surface area contributed by atoms with E-state index in [-0.39, 0.29) is 6.03 Å². The molecule has 6 heteroatoms. The molecule has 2 aromatic carbocycles. The van der Waals surface area contributed by atoms with E-state index in [9.17, 15) is 4.79 Å². The molecule has 2 amide bonds. The Bertz CT molecular complexity index is 937. The van der Waals surface area contributed by atoms with Gasteiger partial charge in [0.05, 0.1) is 11.4 Å². The van der Waals surface area contributed by atoms with Crippen LogP contribution in [-0.2, 0) is 13.1 Å². The fourth-order valence-electron chi connectivity index (χ4n) is 3.03. The topological polar surface area (TPSA) is 50.2 Å². The van der Waals surface area contributed by atoms with Crippen molar-refractivity contribution in [1.82, 2.24) is 20.0 Å². The van der Waals surface area contributed by atoms with Gasteiger partial charge in [-0.15, -0.1) is 0 Å². The van der Waals surface area contributed by atoms with Gasteiger partial charge in [0, 0.05) is 36.4 Å². The molecule has 0 saturated carbocycles. The molecule has 5 nitrogen and oxygen atoms in total. The second-order valence-corrected chi connectivity index (χ2v) is 6.98. The molecule has 0 aliphatic rings. The van der Waals surface area contributed by atoms with Crippen molar-refractivity contribution in [3.8, 4) is 5.69 Å². The highest BCUT2D eigenvalue weighted by atomic mass is 35.5. The van der Waals surface area contributed by atoms with Gasteiger partial charge >= 0.3 is 6.03 Å². The summed E-state index contributed by atoms with van der Waals surface area (Å²) in [5, 5.41) is 8.27. The Morgan fingerprint density at radius 1 is 1.15 bits per heavy atom. The highest BCUT2D eigenvalue weighted by Crippen LogP contribution is 2.18. The first-order valence-electron chi connectivity index (χ1n) is 8.79. The van der Waals surface area contributed by atoms with Gasteiger partial charge in [-0.1, -0.05) is 41.9 Å². The number of carbonyl (C=O) groups is 1. The second kappa shape index (κ2) is 8.27. The molecule has 0 radical (unpaired) electrons. The van der Waals surface area contributed by atoms with Crippen LogP contribution in [0.5, 0.6) is 0 Å². The smallest absolute Gasteiger partial charge is 0.317 e. The number of para-hydroxylation sites is 1. The highest BCUT2D eigenvalue weighted by Gasteiger charge is 2.15. The van der Waals surface area contributed by atoms with Crippen LogP contribution < -0.4 is 5.32 Å². The third kappa shape index (κ3) is 4.49. The summed E-state index contributed by atoms with van der Waals surface area (Å²) in [4.78, 5) is 14.1. The second-order valence-electron chi connectivity index (χ2n) is 6.54. The standard InChI is InChI=1S/C21H23ClN4O/c1-15-20(16(2)26(24-15)19-10-5-4-6-11-19)13-23-21(27)25(3)14-17-8-7-9-18(22)12-17/h4-12H,13-14H2,1-3H3,(H,23,27). The van der Waals surface area contributed by atoms with Gasteiger partial charge in [-0.25, -0.2) is 9.48 Å². The van der Waals surface area contributed by atoms with Crippen molar-refractivity contribution in [2.75, 3.05) is 7.05 Å². The molecule has 0 atom stereocenters. The summed E-state index contributed by atoms with van der Waals surface area (Å²) in [6.45, 7) is 4.91. The summed E-state index contributed by atoms with van der Waals surface area (Å²) in [5.41, 5.74) is 4.96. The van der Waals surface area contributed by atoms with Crippen molar-refractivity contribution in [2.24, 2.45) is 0 Å². The quantitative estimate of drug-likeness (QED) is 0.707. The number of nitrogens with one attached hydrogen (secondary N) is 1. The average molecular weight is 383 g/mol. The average Bonchev–Trinajstić information content (AvgIpc) is 2.94. The van der Waals surface area contributed by atoms with Gasteiger partial charge in [-0.05, 0) is 43.7 Å². The molecule has 0 aliphatic heterocycles. The van der Waals surface area contributed by atoms with Crippen LogP contribution >= 0.6 is 11.6 Å². The lowest BCUT2D eigenvalue weighted by atomic mass is 10.2. The van der Waals surface area contributed by atoms with Crippen molar-refractivity contribution in [2.45, 2.75) is 26.9 Å². The molecular formula is C21H23ClN4O. The molecule has 3 rings (SSSR count). The zero-order chi connectivity index (χ0) is 19.4. The van der Waals surface area contributed by atoms with Crippen LogP contribution in [0, 0.1) is 13.8 Å². The van der Waals surface area contributed by atoms with E-state index in [1.165, 1.54) is 0 Å². The van der Waals surface area contributed by atoms with Crippen molar-refractivity contribution >= 4 is 17.6 Å². The maximum Gasteiger partial charge on any atom is 0.317 e. The van der Waals surface area contributed by atoms with Crippen molar-refractivity contribution in [3.05, 3.63) is 82.1 Å².